The van der Waals surface area contributed by atoms with Gasteiger partial charge in [0.1, 0.15) is 5.82 Å². The lowest BCUT2D eigenvalue weighted by molar-refractivity contribution is -0.122. The summed E-state index contributed by atoms with van der Waals surface area (Å²) >= 11 is 0. The molecule has 0 saturated heterocycles. The first-order valence-corrected chi connectivity index (χ1v) is 9.10. The molecule has 0 bridgehead atoms. The number of nitrogens with one attached hydrogen (secondary N) is 2. The summed E-state index contributed by atoms with van der Waals surface area (Å²) in [6.45, 7) is 6.80. The normalized spacial score (nSPS) is 12.0. The summed E-state index contributed by atoms with van der Waals surface area (Å²) in [5.41, 5.74) is 8.29. The summed E-state index contributed by atoms with van der Waals surface area (Å²) in [6, 6.07) is 15.2. The monoisotopic (exact) mass is 364 g/mol. The van der Waals surface area contributed by atoms with E-state index in [9.17, 15) is 9.59 Å². The highest BCUT2D eigenvalue weighted by molar-refractivity contribution is 5.98. The Morgan fingerprint density at radius 1 is 1.11 bits per heavy atom. The van der Waals surface area contributed by atoms with Crippen molar-refractivity contribution in [1.29, 1.82) is 0 Å². The number of imidazole rings is 1. The van der Waals surface area contributed by atoms with E-state index in [1.54, 1.807) is 12.1 Å². The summed E-state index contributed by atoms with van der Waals surface area (Å²) in [6.07, 6.45) is 0.295. The van der Waals surface area contributed by atoms with Gasteiger partial charge in [0.05, 0.1) is 11.0 Å². The SMILES string of the molecule is CCn1c(C)nc2cc(C(=O)NNC(=O)CC(C)c3ccccc3)ccc21. The van der Waals surface area contributed by atoms with E-state index in [0.29, 0.717) is 12.0 Å². The van der Waals surface area contributed by atoms with E-state index in [0.717, 1.165) is 29.0 Å². The van der Waals surface area contributed by atoms with Crippen LogP contribution >= 0.6 is 0 Å². The van der Waals surface area contributed by atoms with E-state index in [1.807, 2.05) is 50.2 Å². The molecule has 1 atom stereocenters. The van der Waals surface area contributed by atoms with Crippen molar-refractivity contribution in [1.82, 2.24) is 20.4 Å². The molecule has 140 valence electrons. The predicted molar refractivity (Wildman–Crippen MR) is 105 cm³/mol. The van der Waals surface area contributed by atoms with Gasteiger partial charge in [0, 0.05) is 18.5 Å². The average Bonchev–Trinajstić information content (AvgIpc) is 3.00. The molecular formula is C21H24N4O2. The zero-order chi connectivity index (χ0) is 19.4. The largest absolute Gasteiger partial charge is 0.329 e. The van der Waals surface area contributed by atoms with E-state index in [4.69, 9.17) is 0 Å². The van der Waals surface area contributed by atoms with Gasteiger partial charge in [0.25, 0.3) is 5.91 Å². The van der Waals surface area contributed by atoms with Crippen LogP contribution in [0.3, 0.4) is 0 Å². The molecule has 6 nitrogen and oxygen atoms in total. The molecule has 6 heteroatoms. The van der Waals surface area contributed by atoms with Crippen LogP contribution in [-0.2, 0) is 11.3 Å². The number of hydrogen-bond acceptors (Lipinski definition) is 3. The Morgan fingerprint density at radius 3 is 2.56 bits per heavy atom. The molecule has 1 aromatic heterocycles. The molecule has 2 aromatic carbocycles. The predicted octanol–water partition coefficient (Wildman–Crippen LogP) is 3.32. The lowest BCUT2D eigenvalue weighted by atomic mass is 9.98. The van der Waals surface area contributed by atoms with Crippen molar-refractivity contribution < 1.29 is 9.59 Å². The van der Waals surface area contributed by atoms with Gasteiger partial charge in [-0.3, -0.25) is 20.4 Å². The Hall–Kier alpha value is -3.15. The third kappa shape index (κ3) is 4.16. The maximum atomic E-state index is 12.3. The van der Waals surface area contributed by atoms with Gasteiger partial charge in [-0.25, -0.2) is 4.98 Å². The van der Waals surface area contributed by atoms with Gasteiger partial charge in [-0.15, -0.1) is 0 Å². The summed E-state index contributed by atoms with van der Waals surface area (Å²) in [7, 11) is 0. The maximum Gasteiger partial charge on any atom is 0.269 e. The molecule has 0 radical (unpaired) electrons. The van der Waals surface area contributed by atoms with Gasteiger partial charge in [-0.1, -0.05) is 37.3 Å². The standard InChI is InChI=1S/C21H24N4O2/c1-4-25-15(3)22-18-13-17(10-11-19(18)25)21(27)24-23-20(26)12-14(2)16-8-6-5-7-9-16/h5-11,13-14H,4,12H2,1-3H3,(H,23,26)(H,24,27). The van der Waals surface area contributed by atoms with E-state index >= 15 is 0 Å². The van der Waals surface area contributed by atoms with Crippen molar-refractivity contribution in [3.05, 3.63) is 65.5 Å². The molecule has 27 heavy (non-hydrogen) atoms. The van der Waals surface area contributed by atoms with Crippen molar-refractivity contribution in [3.63, 3.8) is 0 Å². The number of amides is 2. The minimum absolute atomic E-state index is 0.0698. The molecule has 1 unspecified atom stereocenters. The minimum Gasteiger partial charge on any atom is -0.329 e. The van der Waals surface area contributed by atoms with Gasteiger partial charge >= 0.3 is 0 Å². The number of rotatable bonds is 5. The molecule has 0 fully saturated rings. The number of benzene rings is 2. The topological polar surface area (TPSA) is 76.0 Å². The van der Waals surface area contributed by atoms with E-state index in [2.05, 4.69) is 27.3 Å². The quantitative estimate of drug-likeness (QED) is 0.682. The Kier molecular flexibility index (Phi) is 5.54. The first-order valence-electron chi connectivity index (χ1n) is 9.10. The highest BCUT2D eigenvalue weighted by atomic mass is 16.2. The Bertz CT molecular complexity index is 963. The van der Waals surface area contributed by atoms with Gasteiger partial charge in [-0.05, 0) is 43.5 Å². The Labute approximate surface area is 158 Å². The van der Waals surface area contributed by atoms with Crippen molar-refractivity contribution in [3.8, 4) is 0 Å². The molecule has 2 amide bonds. The van der Waals surface area contributed by atoms with Crippen LogP contribution in [0.25, 0.3) is 11.0 Å². The molecule has 0 aliphatic heterocycles. The van der Waals surface area contributed by atoms with E-state index in [-0.39, 0.29) is 17.7 Å². The minimum atomic E-state index is -0.360. The van der Waals surface area contributed by atoms with Crippen LogP contribution in [0.5, 0.6) is 0 Å². The zero-order valence-electron chi connectivity index (χ0n) is 15.8. The number of aryl methyl sites for hydroxylation is 2. The third-order valence-corrected chi connectivity index (χ3v) is 4.69. The Balaban J connectivity index is 1.60. The van der Waals surface area contributed by atoms with Crippen LogP contribution in [-0.4, -0.2) is 21.4 Å². The lowest BCUT2D eigenvalue weighted by Crippen LogP contribution is -2.42. The van der Waals surface area contributed by atoms with Crippen molar-refractivity contribution >= 4 is 22.8 Å². The molecule has 0 aliphatic carbocycles. The molecule has 0 aliphatic rings. The molecule has 0 saturated carbocycles. The summed E-state index contributed by atoms with van der Waals surface area (Å²) < 4.78 is 2.09. The van der Waals surface area contributed by atoms with Crippen molar-refractivity contribution in [2.24, 2.45) is 0 Å². The molecule has 0 spiro atoms. The highest BCUT2D eigenvalue weighted by Gasteiger charge is 2.14. The highest BCUT2D eigenvalue weighted by Crippen LogP contribution is 2.19. The Morgan fingerprint density at radius 2 is 1.85 bits per heavy atom. The average molecular weight is 364 g/mol. The fraction of sp³-hybridized carbons (Fsp3) is 0.286. The van der Waals surface area contributed by atoms with Crippen LogP contribution < -0.4 is 10.9 Å². The van der Waals surface area contributed by atoms with Gasteiger partial charge in [0.2, 0.25) is 5.91 Å². The lowest BCUT2D eigenvalue weighted by Gasteiger charge is -2.12. The fourth-order valence-corrected chi connectivity index (χ4v) is 3.22. The van der Waals surface area contributed by atoms with Gasteiger partial charge in [0.15, 0.2) is 0 Å². The molecule has 3 aromatic rings. The molecule has 2 N–H and O–H groups in total. The molecule has 3 rings (SSSR count). The zero-order valence-corrected chi connectivity index (χ0v) is 15.8. The first kappa shape index (κ1) is 18.6. The number of aromatic nitrogens is 2. The number of hydrazine groups is 1. The summed E-state index contributed by atoms with van der Waals surface area (Å²) in [4.78, 5) is 29.0. The van der Waals surface area contributed by atoms with E-state index < -0.39 is 0 Å². The molecular weight excluding hydrogens is 340 g/mol. The summed E-state index contributed by atoms with van der Waals surface area (Å²) in [5, 5.41) is 0. The van der Waals surface area contributed by atoms with Crippen LogP contribution in [0.4, 0.5) is 0 Å². The van der Waals surface area contributed by atoms with Gasteiger partial charge in [-0.2, -0.15) is 0 Å². The fourth-order valence-electron chi connectivity index (χ4n) is 3.22. The second-order valence-electron chi connectivity index (χ2n) is 6.62. The van der Waals surface area contributed by atoms with E-state index in [1.165, 1.54) is 0 Å². The number of nitrogens with zero attached hydrogens (tertiary/aromatic N) is 2. The smallest absolute Gasteiger partial charge is 0.269 e. The van der Waals surface area contributed by atoms with Crippen LogP contribution in [0.1, 0.15) is 47.9 Å². The summed E-state index contributed by atoms with van der Waals surface area (Å²) in [5.74, 6) is 0.391. The van der Waals surface area contributed by atoms with Crippen molar-refractivity contribution in [2.75, 3.05) is 0 Å². The number of fused-ring (bicyclic) bond motifs is 1. The van der Waals surface area contributed by atoms with Crippen LogP contribution in [0.2, 0.25) is 0 Å². The van der Waals surface area contributed by atoms with Crippen LogP contribution in [0.15, 0.2) is 48.5 Å². The first-order chi connectivity index (χ1) is 13.0. The third-order valence-electron chi connectivity index (χ3n) is 4.69. The molecule has 1 heterocycles. The van der Waals surface area contributed by atoms with Gasteiger partial charge < -0.3 is 4.57 Å². The second-order valence-corrected chi connectivity index (χ2v) is 6.62. The van der Waals surface area contributed by atoms with Crippen molar-refractivity contribution in [2.45, 2.75) is 39.7 Å². The number of hydrogen-bond donors (Lipinski definition) is 2. The second kappa shape index (κ2) is 8.03. The maximum absolute atomic E-state index is 12.3. The van der Waals surface area contributed by atoms with Crippen LogP contribution in [0, 0.1) is 6.92 Å². The number of carbonyl (C=O) groups is 2. The number of carbonyl (C=O) groups excluding carboxylic acids is 2.